The summed E-state index contributed by atoms with van der Waals surface area (Å²) in [6.45, 7) is 1.04. The third kappa shape index (κ3) is 3.79. The molecule has 0 atom stereocenters. The molecule has 2 rings (SSSR count). The monoisotopic (exact) mass is 354 g/mol. The molecule has 2 aromatic rings. The van der Waals surface area contributed by atoms with Gasteiger partial charge in [-0.1, -0.05) is 45.7 Å². The summed E-state index contributed by atoms with van der Waals surface area (Å²) in [6, 6.07) is 12.5. The van der Waals surface area contributed by atoms with Crippen LogP contribution in [0, 0.1) is 10.1 Å². The highest BCUT2D eigenvalue weighted by molar-refractivity contribution is 9.10. The van der Waals surface area contributed by atoms with E-state index in [9.17, 15) is 10.1 Å². The minimum atomic E-state index is -0.415. The van der Waals surface area contributed by atoms with Crippen molar-refractivity contribution in [2.75, 3.05) is 0 Å². The number of hydrogen-bond acceptors (Lipinski definition) is 3. The maximum Gasteiger partial charge on any atom is 0.275 e. The zero-order valence-corrected chi connectivity index (χ0v) is 12.8. The molecule has 20 heavy (non-hydrogen) atoms. The van der Waals surface area contributed by atoms with Crippen molar-refractivity contribution in [3.8, 4) is 0 Å². The van der Waals surface area contributed by atoms with Crippen molar-refractivity contribution in [2.24, 2.45) is 0 Å². The maximum atomic E-state index is 11.0. The third-order valence-electron chi connectivity index (χ3n) is 2.83. The minimum Gasteiger partial charge on any atom is -0.308 e. The Bertz CT molecular complexity index is 634. The second-order valence-corrected chi connectivity index (χ2v) is 5.52. The molecular formula is C14H12BrClN2O2. The van der Waals surface area contributed by atoms with Crippen molar-refractivity contribution in [1.29, 1.82) is 0 Å². The van der Waals surface area contributed by atoms with Crippen molar-refractivity contribution in [2.45, 2.75) is 13.1 Å². The van der Waals surface area contributed by atoms with Gasteiger partial charge in [0.25, 0.3) is 5.69 Å². The molecule has 0 unspecified atom stereocenters. The van der Waals surface area contributed by atoms with Crippen LogP contribution in [0.25, 0.3) is 0 Å². The first-order chi connectivity index (χ1) is 9.58. The van der Waals surface area contributed by atoms with E-state index < -0.39 is 4.92 Å². The van der Waals surface area contributed by atoms with Gasteiger partial charge in [0, 0.05) is 34.2 Å². The van der Waals surface area contributed by atoms with Crippen LogP contribution in [-0.4, -0.2) is 4.92 Å². The van der Waals surface area contributed by atoms with Gasteiger partial charge in [-0.05, 0) is 23.8 Å². The Labute approximate surface area is 130 Å². The van der Waals surface area contributed by atoms with Gasteiger partial charge in [-0.2, -0.15) is 0 Å². The Kier molecular flexibility index (Phi) is 5.11. The fourth-order valence-electron chi connectivity index (χ4n) is 1.83. The lowest BCUT2D eigenvalue weighted by atomic mass is 10.1. The zero-order chi connectivity index (χ0) is 14.5. The van der Waals surface area contributed by atoms with Gasteiger partial charge in [-0.25, -0.2) is 0 Å². The fraction of sp³-hybridized carbons (Fsp3) is 0.143. The van der Waals surface area contributed by atoms with Crippen LogP contribution >= 0.6 is 27.5 Å². The number of nitrogens with one attached hydrogen (secondary N) is 1. The van der Waals surface area contributed by atoms with Gasteiger partial charge >= 0.3 is 0 Å². The van der Waals surface area contributed by atoms with E-state index >= 15 is 0 Å². The van der Waals surface area contributed by atoms with E-state index in [1.165, 1.54) is 6.07 Å². The summed E-state index contributed by atoms with van der Waals surface area (Å²) in [5, 5.41) is 14.5. The molecule has 4 nitrogen and oxygen atoms in total. The molecule has 0 aliphatic rings. The van der Waals surface area contributed by atoms with Gasteiger partial charge in [-0.15, -0.1) is 0 Å². The number of halogens is 2. The lowest BCUT2D eigenvalue weighted by Gasteiger charge is -2.07. The summed E-state index contributed by atoms with van der Waals surface area (Å²) in [5.41, 5.74) is 1.76. The topological polar surface area (TPSA) is 55.2 Å². The Morgan fingerprint density at radius 3 is 2.55 bits per heavy atom. The zero-order valence-electron chi connectivity index (χ0n) is 10.5. The first kappa shape index (κ1) is 15.0. The summed E-state index contributed by atoms with van der Waals surface area (Å²) < 4.78 is 1.01. The molecule has 0 saturated carbocycles. The fourth-order valence-corrected chi connectivity index (χ4v) is 2.42. The van der Waals surface area contributed by atoms with Crippen molar-refractivity contribution < 1.29 is 4.92 Å². The largest absolute Gasteiger partial charge is 0.308 e. The van der Waals surface area contributed by atoms with E-state index in [1.807, 2.05) is 24.3 Å². The third-order valence-corrected chi connectivity index (χ3v) is 3.84. The summed E-state index contributed by atoms with van der Waals surface area (Å²) in [6.07, 6.45) is 0. The molecule has 0 aliphatic heterocycles. The van der Waals surface area contributed by atoms with Gasteiger partial charge in [0.05, 0.1) is 4.92 Å². The average Bonchev–Trinajstić information content (AvgIpc) is 2.42. The van der Waals surface area contributed by atoms with E-state index in [-0.39, 0.29) is 5.69 Å². The average molecular weight is 356 g/mol. The highest BCUT2D eigenvalue weighted by Gasteiger charge is 2.13. The number of hydrogen-bond donors (Lipinski definition) is 1. The molecule has 2 aromatic carbocycles. The van der Waals surface area contributed by atoms with Crippen LogP contribution in [0.15, 0.2) is 46.9 Å². The summed E-state index contributed by atoms with van der Waals surface area (Å²) in [7, 11) is 0. The van der Waals surface area contributed by atoms with Crippen LogP contribution < -0.4 is 5.32 Å². The molecule has 0 saturated heterocycles. The summed E-state index contributed by atoms with van der Waals surface area (Å²) >= 11 is 9.24. The highest BCUT2D eigenvalue weighted by atomic mass is 79.9. The van der Waals surface area contributed by atoms with Gasteiger partial charge in [0.15, 0.2) is 0 Å². The van der Waals surface area contributed by atoms with Gasteiger partial charge in [-0.3, -0.25) is 10.1 Å². The van der Waals surface area contributed by atoms with Crippen LogP contribution in [0.3, 0.4) is 0 Å². The number of nitrogens with zero attached hydrogens (tertiary/aromatic N) is 1. The number of nitro groups is 1. The van der Waals surface area contributed by atoms with Crippen molar-refractivity contribution in [3.05, 3.63) is 73.2 Å². The first-order valence-electron chi connectivity index (χ1n) is 5.95. The van der Waals surface area contributed by atoms with E-state index in [0.29, 0.717) is 23.7 Å². The molecule has 0 amide bonds. The summed E-state index contributed by atoms with van der Waals surface area (Å²) in [4.78, 5) is 10.6. The minimum absolute atomic E-state index is 0.0390. The predicted octanol–water partition coefficient (Wildman–Crippen LogP) is 4.30. The Balaban J connectivity index is 2.05. The molecule has 1 N–H and O–H groups in total. The number of rotatable bonds is 5. The maximum absolute atomic E-state index is 11.0. The Morgan fingerprint density at radius 2 is 1.85 bits per heavy atom. The molecular weight excluding hydrogens is 344 g/mol. The highest BCUT2D eigenvalue weighted by Crippen LogP contribution is 2.23. The normalized spacial score (nSPS) is 10.5. The van der Waals surface area contributed by atoms with E-state index in [2.05, 4.69) is 21.2 Å². The van der Waals surface area contributed by atoms with Crippen LogP contribution in [0.5, 0.6) is 0 Å². The molecule has 6 heteroatoms. The van der Waals surface area contributed by atoms with Gasteiger partial charge in [0.1, 0.15) is 0 Å². The molecule has 0 heterocycles. The number of nitro benzene ring substituents is 1. The van der Waals surface area contributed by atoms with Crippen molar-refractivity contribution >= 4 is 33.2 Å². The smallest absolute Gasteiger partial charge is 0.275 e. The summed E-state index contributed by atoms with van der Waals surface area (Å²) in [5.74, 6) is 0. The molecule has 104 valence electrons. The van der Waals surface area contributed by atoms with E-state index in [4.69, 9.17) is 11.6 Å². The molecule has 0 spiro atoms. The van der Waals surface area contributed by atoms with Crippen molar-refractivity contribution in [1.82, 2.24) is 5.32 Å². The standard InChI is InChI=1S/C14H12BrClN2O2/c15-13-4-2-1-3-10(13)8-17-9-11-5-6-12(16)7-14(11)18(19)20/h1-7,17H,8-9H2. The predicted molar refractivity (Wildman–Crippen MR) is 82.8 cm³/mol. The second kappa shape index (κ2) is 6.83. The Hall–Kier alpha value is -1.43. The molecule has 0 aromatic heterocycles. The van der Waals surface area contributed by atoms with E-state index in [0.717, 1.165) is 10.0 Å². The van der Waals surface area contributed by atoms with E-state index in [1.54, 1.807) is 12.1 Å². The van der Waals surface area contributed by atoms with Crippen LogP contribution in [0.1, 0.15) is 11.1 Å². The SMILES string of the molecule is O=[N+]([O-])c1cc(Cl)ccc1CNCc1ccccc1Br. The van der Waals surface area contributed by atoms with Crippen molar-refractivity contribution in [3.63, 3.8) is 0 Å². The molecule has 0 bridgehead atoms. The molecule has 0 fully saturated rings. The Morgan fingerprint density at radius 1 is 1.15 bits per heavy atom. The molecule has 0 aliphatic carbocycles. The van der Waals surface area contributed by atoms with Gasteiger partial charge in [0.2, 0.25) is 0 Å². The first-order valence-corrected chi connectivity index (χ1v) is 7.12. The van der Waals surface area contributed by atoms with Crippen LogP contribution in [-0.2, 0) is 13.1 Å². The number of benzene rings is 2. The lowest BCUT2D eigenvalue weighted by Crippen LogP contribution is -2.14. The molecule has 0 radical (unpaired) electrons. The van der Waals surface area contributed by atoms with Crippen LogP contribution in [0.2, 0.25) is 5.02 Å². The lowest BCUT2D eigenvalue weighted by molar-refractivity contribution is -0.385. The quantitative estimate of drug-likeness (QED) is 0.642. The van der Waals surface area contributed by atoms with Crippen LogP contribution in [0.4, 0.5) is 5.69 Å². The van der Waals surface area contributed by atoms with Gasteiger partial charge < -0.3 is 5.32 Å². The second-order valence-electron chi connectivity index (χ2n) is 4.23.